The minimum Gasteiger partial charge on any atom is -0.361 e. The van der Waals surface area contributed by atoms with Crippen LogP contribution in [-0.2, 0) is 20.9 Å². The Hall–Kier alpha value is -1.92. The monoisotopic (exact) mass is 385 g/mol. The first kappa shape index (κ1) is 19.4. The molecule has 0 unspecified atom stereocenters. The Labute approximate surface area is 167 Å². The van der Waals surface area contributed by atoms with Crippen LogP contribution in [0.3, 0.4) is 0 Å². The van der Waals surface area contributed by atoms with Crippen molar-refractivity contribution < 1.29 is 14.3 Å². The van der Waals surface area contributed by atoms with Crippen LogP contribution in [0.1, 0.15) is 31.7 Å². The number of nitrogens with one attached hydrogen (secondary N) is 1. The van der Waals surface area contributed by atoms with Gasteiger partial charge in [0.05, 0.1) is 12.5 Å². The van der Waals surface area contributed by atoms with E-state index in [9.17, 15) is 9.59 Å². The van der Waals surface area contributed by atoms with Gasteiger partial charge in [-0.15, -0.1) is 0 Å². The molecule has 1 N–H and O–H groups in total. The summed E-state index contributed by atoms with van der Waals surface area (Å²) in [5, 5.41) is 2.95. The Bertz CT molecular complexity index is 706. The zero-order valence-corrected chi connectivity index (χ0v) is 16.7. The molecule has 1 spiro atoms. The molecule has 28 heavy (non-hydrogen) atoms. The van der Waals surface area contributed by atoms with Gasteiger partial charge in [-0.25, -0.2) is 0 Å². The van der Waals surface area contributed by atoms with Crippen molar-refractivity contribution in [2.45, 2.75) is 38.3 Å². The van der Waals surface area contributed by atoms with Crippen LogP contribution in [0, 0.1) is 11.8 Å². The van der Waals surface area contributed by atoms with Gasteiger partial charge in [-0.1, -0.05) is 37.3 Å². The Kier molecular flexibility index (Phi) is 5.69. The second-order valence-corrected chi connectivity index (χ2v) is 8.43. The molecular formula is C22H31N3O3. The summed E-state index contributed by atoms with van der Waals surface area (Å²) in [6.45, 7) is 6.40. The highest BCUT2D eigenvalue weighted by Crippen LogP contribution is 2.37. The third-order valence-corrected chi connectivity index (χ3v) is 6.12. The van der Waals surface area contributed by atoms with Crippen molar-refractivity contribution in [3.63, 3.8) is 0 Å². The van der Waals surface area contributed by atoms with E-state index in [2.05, 4.69) is 29.3 Å². The molecule has 0 aromatic heterocycles. The normalized spacial score (nSPS) is 27.8. The predicted molar refractivity (Wildman–Crippen MR) is 106 cm³/mol. The number of carbonyl (C=O) groups excluding carboxylic acids is 2. The number of rotatable bonds is 7. The average Bonchev–Trinajstić information content (AvgIpc) is 3.45. The van der Waals surface area contributed by atoms with Crippen LogP contribution in [0.25, 0.3) is 0 Å². The maximum atomic E-state index is 13.6. The van der Waals surface area contributed by atoms with E-state index in [0.717, 1.165) is 26.1 Å². The van der Waals surface area contributed by atoms with Crippen molar-refractivity contribution in [1.82, 2.24) is 15.1 Å². The van der Waals surface area contributed by atoms with Crippen LogP contribution in [0.2, 0.25) is 0 Å². The van der Waals surface area contributed by atoms with Crippen LogP contribution in [0.15, 0.2) is 30.3 Å². The van der Waals surface area contributed by atoms with E-state index in [-0.39, 0.29) is 11.8 Å². The van der Waals surface area contributed by atoms with E-state index in [1.807, 2.05) is 23.1 Å². The summed E-state index contributed by atoms with van der Waals surface area (Å²) in [6.07, 6.45) is 3.35. The summed E-state index contributed by atoms with van der Waals surface area (Å²) >= 11 is 0. The van der Waals surface area contributed by atoms with Gasteiger partial charge in [-0.05, 0) is 30.7 Å². The quantitative estimate of drug-likeness (QED) is 0.775. The third-order valence-electron chi connectivity index (χ3n) is 6.12. The van der Waals surface area contributed by atoms with Crippen LogP contribution >= 0.6 is 0 Å². The zero-order valence-electron chi connectivity index (χ0n) is 16.7. The Morgan fingerprint density at radius 2 is 2.11 bits per heavy atom. The lowest BCUT2D eigenvalue weighted by Gasteiger charge is -2.38. The number of amides is 2. The highest BCUT2D eigenvalue weighted by Gasteiger charge is 2.58. The molecule has 1 aromatic carbocycles. The van der Waals surface area contributed by atoms with Crippen molar-refractivity contribution in [2.24, 2.45) is 11.8 Å². The molecule has 152 valence electrons. The number of benzene rings is 1. The van der Waals surface area contributed by atoms with Crippen molar-refractivity contribution in [3.8, 4) is 0 Å². The lowest BCUT2D eigenvalue weighted by atomic mass is 9.87. The summed E-state index contributed by atoms with van der Waals surface area (Å²) < 4.78 is 6.09. The summed E-state index contributed by atoms with van der Waals surface area (Å²) in [4.78, 5) is 30.7. The molecule has 6 heteroatoms. The van der Waals surface area contributed by atoms with Crippen LogP contribution in [0.4, 0.5) is 0 Å². The lowest BCUT2D eigenvalue weighted by Crippen LogP contribution is -2.62. The first-order valence-electron chi connectivity index (χ1n) is 10.6. The van der Waals surface area contributed by atoms with E-state index in [4.69, 9.17) is 4.74 Å². The van der Waals surface area contributed by atoms with Gasteiger partial charge in [0.1, 0.15) is 0 Å². The van der Waals surface area contributed by atoms with Gasteiger partial charge >= 0.3 is 0 Å². The number of hydrogen-bond acceptors (Lipinski definition) is 4. The van der Waals surface area contributed by atoms with E-state index in [0.29, 0.717) is 32.2 Å². The summed E-state index contributed by atoms with van der Waals surface area (Å²) in [5.41, 5.74) is 0.130. The lowest BCUT2D eigenvalue weighted by molar-refractivity contribution is -0.167. The van der Waals surface area contributed by atoms with Gasteiger partial charge in [0.15, 0.2) is 5.60 Å². The number of ether oxygens (including phenoxy) is 1. The summed E-state index contributed by atoms with van der Waals surface area (Å²) in [7, 11) is 0. The topological polar surface area (TPSA) is 61.9 Å². The van der Waals surface area contributed by atoms with Crippen molar-refractivity contribution in [2.75, 3.05) is 39.3 Å². The molecule has 2 atom stereocenters. The average molecular weight is 386 g/mol. The van der Waals surface area contributed by atoms with Gasteiger partial charge < -0.3 is 15.0 Å². The van der Waals surface area contributed by atoms with E-state index >= 15 is 0 Å². The second kappa shape index (κ2) is 8.21. The van der Waals surface area contributed by atoms with Crippen molar-refractivity contribution in [1.29, 1.82) is 0 Å². The standard InChI is InChI=1S/C22H31N3O3/c1-2-11-25(14-18-8-9-18)20(26)19-15-24(13-17-6-4-3-5-7-17)16-22(19)21(27)23-10-12-28-22/h3-7,18-19H,2,8-16H2,1H3,(H,23,27)/t19-,22-/m1/s1. The molecule has 1 aromatic rings. The maximum absolute atomic E-state index is 13.6. The first-order valence-corrected chi connectivity index (χ1v) is 10.6. The number of carbonyl (C=O) groups is 2. The minimum atomic E-state index is -1.06. The van der Waals surface area contributed by atoms with Gasteiger partial charge in [-0.3, -0.25) is 14.5 Å². The third kappa shape index (κ3) is 3.94. The number of likely N-dealkylation sites (tertiary alicyclic amines) is 1. The maximum Gasteiger partial charge on any atom is 0.254 e. The molecule has 3 aliphatic rings. The number of hydrogen-bond donors (Lipinski definition) is 1. The van der Waals surface area contributed by atoms with Gasteiger partial charge in [0, 0.05) is 39.3 Å². The number of morpholine rings is 1. The highest BCUT2D eigenvalue weighted by molar-refractivity contribution is 5.94. The van der Waals surface area contributed by atoms with E-state index in [1.165, 1.54) is 18.4 Å². The molecule has 2 amide bonds. The molecule has 2 aliphatic heterocycles. The fourth-order valence-electron chi connectivity index (χ4n) is 4.54. The second-order valence-electron chi connectivity index (χ2n) is 8.43. The Balaban J connectivity index is 1.56. The smallest absolute Gasteiger partial charge is 0.254 e. The number of nitrogens with zero attached hydrogens (tertiary/aromatic N) is 2. The highest BCUT2D eigenvalue weighted by atomic mass is 16.5. The molecule has 1 aliphatic carbocycles. The zero-order chi connectivity index (χ0) is 19.6. The molecule has 3 fully saturated rings. The molecule has 0 radical (unpaired) electrons. The predicted octanol–water partition coefficient (Wildman–Crippen LogP) is 1.65. The molecule has 2 saturated heterocycles. The van der Waals surface area contributed by atoms with Gasteiger partial charge in [0.25, 0.3) is 5.91 Å². The van der Waals surface area contributed by atoms with Crippen LogP contribution in [0.5, 0.6) is 0 Å². The van der Waals surface area contributed by atoms with Gasteiger partial charge in [0.2, 0.25) is 5.91 Å². The van der Waals surface area contributed by atoms with E-state index < -0.39 is 11.5 Å². The molecule has 4 rings (SSSR count). The summed E-state index contributed by atoms with van der Waals surface area (Å²) in [6, 6.07) is 10.2. The van der Waals surface area contributed by atoms with Gasteiger partial charge in [-0.2, -0.15) is 0 Å². The molecular weight excluding hydrogens is 354 g/mol. The van der Waals surface area contributed by atoms with Crippen molar-refractivity contribution >= 4 is 11.8 Å². The minimum absolute atomic E-state index is 0.0846. The summed E-state index contributed by atoms with van der Waals surface area (Å²) in [5.74, 6) is 0.146. The SMILES string of the molecule is CCCN(CC1CC1)C(=O)[C@H]1CN(Cc2ccccc2)C[C@@]12OCCNC2=O. The largest absolute Gasteiger partial charge is 0.361 e. The molecule has 0 bridgehead atoms. The fraction of sp³-hybridized carbons (Fsp3) is 0.636. The molecule has 1 saturated carbocycles. The molecule has 2 heterocycles. The Morgan fingerprint density at radius 1 is 1.32 bits per heavy atom. The van der Waals surface area contributed by atoms with Crippen LogP contribution in [-0.4, -0.2) is 66.5 Å². The Morgan fingerprint density at radius 3 is 2.79 bits per heavy atom. The van der Waals surface area contributed by atoms with Crippen LogP contribution < -0.4 is 5.32 Å². The van der Waals surface area contributed by atoms with Crippen molar-refractivity contribution in [3.05, 3.63) is 35.9 Å². The van der Waals surface area contributed by atoms with E-state index in [1.54, 1.807) is 0 Å². The first-order chi connectivity index (χ1) is 13.6. The fourth-order valence-corrected chi connectivity index (χ4v) is 4.54. The molecule has 6 nitrogen and oxygen atoms in total.